The standard InChI is InChI=1S/C17H19N5O4/c1-25-17(24)19-10-7-8-11-13(9-10)20-14(23)6-4-2-3-5-12(18)16-22-21-15(11)26-16/h2-3,7-9,12H,4-6,18H2,1H3,(H,19,24)(H,20,23)/b3-2+/t12-/m0/s1. The number of carbonyl (C=O) groups is 2. The Morgan fingerprint density at radius 1 is 1.38 bits per heavy atom. The second-order valence-corrected chi connectivity index (χ2v) is 5.72. The van der Waals surface area contributed by atoms with Gasteiger partial charge in [0.15, 0.2) is 0 Å². The van der Waals surface area contributed by atoms with Crippen LogP contribution in [0.25, 0.3) is 11.5 Å². The number of carbonyl (C=O) groups excluding carboxylic acids is 2. The molecule has 9 nitrogen and oxygen atoms in total. The van der Waals surface area contributed by atoms with E-state index in [-0.39, 0.29) is 11.8 Å². The fourth-order valence-electron chi connectivity index (χ4n) is 2.46. The maximum atomic E-state index is 12.2. The molecule has 0 spiro atoms. The average Bonchev–Trinajstić information content (AvgIpc) is 3.11. The number of rotatable bonds is 1. The van der Waals surface area contributed by atoms with Gasteiger partial charge in [0.05, 0.1) is 24.4 Å². The zero-order chi connectivity index (χ0) is 18.5. The number of benzene rings is 1. The fraction of sp³-hybridized carbons (Fsp3) is 0.294. The molecule has 2 bridgehead atoms. The predicted molar refractivity (Wildman–Crippen MR) is 94.3 cm³/mol. The summed E-state index contributed by atoms with van der Waals surface area (Å²) in [6.07, 6.45) is 4.61. The topological polar surface area (TPSA) is 132 Å². The first kappa shape index (κ1) is 17.6. The Labute approximate surface area is 149 Å². The lowest BCUT2D eigenvalue weighted by atomic mass is 10.1. The van der Waals surface area contributed by atoms with Gasteiger partial charge in [0.2, 0.25) is 17.7 Å². The first-order valence-electron chi connectivity index (χ1n) is 8.10. The van der Waals surface area contributed by atoms with Crippen LogP contribution in [-0.2, 0) is 9.53 Å². The number of allylic oxidation sites excluding steroid dienone is 1. The van der Waals surface area contributed by atoms with Crippen LogP contribution in [0, 0.1) is 0 Å². The van der Waals surface area contributed by atoms with Gasteiger partial charge in [-0.1, -0.05) is 12.2 Å². The van der Waals surface area contributed by atoms with Gasteiger partial charge in [-0.2, -0.15) is 0 Å². The lowest BCUT2D eigenvalue weighted by molar-refractivity contribution is -0.116. The first-order valence-corrected chi connectivity index (χ1v) is 8.10. The number of hydrogen-bond donors (Lipinski definition) is 3. The van der Waals surface area contributed by atoms with E-state index in [4.69, 9.17) is 10.2 Å². The van der Waals surface area contributed by atoms with Gasteiger partial charge in [-0.15, -0.1) is 10.2 Å². The number of nitrogens with zero attached hydrogens (tertiary/aromatic N) is 2. The summed E-state index contributed by atoms with van der Waals surface area (Å²) in [5.41, 5.74) is 7.48. The van der Waals surface area contributed by atoms with Crippen molar-refractivity contribution in [1.29, 1.82) is 0 Å². The second-order valence-electron chi connectivity index (χ2n) is 5.72. The molecule has 0 aliphatic carbocycles. The minimum absolute atomic E-state index is 0.172. The molecule has 1 aliphatic rings. The summed E-state index contributed by atoms with van der Waals surface area (Å²) < 4.78 is 10.2. The molecule has 26 heavy (non-hydrogen) atoms. The van der Waals surface area contributed by atoms with Crippen molar-refractivity contribution in [2.45, 2.75) is 25.3 Å². The number of hydrogen-bond acceptors (Lipinski definition) is 7. The third-order valence-corrected chi connectivity index (χ3v) is 3.81. The van der Waals surface area contributed by atoms with Crippen LogP contribution in [0.4, 0.5) is 16.2 Å². The van der Waals surface area contributed by atoms with Gasteiger partial charge in [-0.3, -0.25) is 10.1 Å². The summed E-state index contributed by atoms with van der Waals surface area (Å²) >= 11 is 0. The van der Waals surface area contributed by atoms with E-state index in [9.17, 15) is 9.59 Å². The SMILES string of the molecule is COC(=O)Nc1ccc2c(c1)NC(=O)CC/C=C/C[C@H](N)c1nnc-2o1. The first-order chi connectivity index (χ1) is 12.6. The van der Waals surface area contributed by atoms with E-state index in [1.807, 2.05) is 12.2 Å². The highest BCUT2D eigenvalue weighted by Crippen LogP contribution is 2.31. The number of nitrogens with one attached hydrogen (secondary N) is 2. The Hall–Kier alpha value is -3.20. The Bertz CT molecular complexity index is 845. The number of methoxy groups -OCH3 is 1. The van der Waals surface area contributed by atoms with E-state index < -0.39 is 12.1 Å². The van der Waals surface area contributed by atoms with Gasteiger partial charge in [0, 0.05) is 12.1 Å². The van der Waals surface area contributed by atoms with Gasteiger partial charge in [-0.05, 0) is 31.0 Å². The molecule has 2 aromatic rings. The minimum Gasteiger partial charge on any atom is -0.453 e. The summed E-state index contributed by atoms with van der Waals surface area (Å²) in [5.74, 6) is 0.380. The molecule has 9 heteroatoms. The van der Waals surface area contributed by atoms with Crippen LogP contribution >= 0.6 is 0 Å². The van der Waals surface area contributed by atoms with Crippen molar-refractivity contribution >= 4 is 23.4 Å². The van der Waals surface area contributed by atoms with Crippen LogP contribution < -0.4 is 16.4 Å². The van der Waals surface area contributed by atoms with Crippen LogP contribution in [0.3, 0.4) is 0 Å². The summed E-state index contributed by atoms with van der Waals surface area (Å²) in [5, 5.41) is 13.4. The molecule has 0 saturated carbocycles. The third kappa shape index (κ3) is 4.06. The molecule has 1 atom stereocenters. The Kier molecular flexibility index (Phi) is 5.28. The molecule has 0 fully saturated rings. The molecule has 136 valence electrons. The molecule has 0 saturated heterocycles. The molecular formula is C17H19N5O4. The van der Waals surface area contributed by atoms with E-state index in [1.165, 1.54) is 7.11 Å². The number of anilines is 2. The van der Waals surface area contributed by atoms with Gasteiger partial charge >= 0.3 is 6.09 Å². The van der Waals surface area contributed by atoms with Crippen molar-refractivity contribution < 1.29 is 18.7 Å². The molecule has 2 amide bonds. The maximum Gasteiger partial charge on any atom is 0.411 e. The molecule has 1 aromatic carbocycles. The number of fused-ring (bicyclic) bond motifs is 4. The van der Waals surface area contributed by atoms with E-state index in [2.05, 4.69) is 25.6 Å². The highest BCUT2D eigenvalue weighted by Gasteiger charge is 2.19. The molecule has 0 radical (unpaired) electrons. The smallest absolute Gasteiger partial charge is 0.411 e. The van der Waals surface area contributed by atoms with Crippen LogP contribution in [0.5, 0.6) is 0 Å². The second kappa shape index (κ2) is 7.79. The van der Waals surface area contributed by atoms with Crippen molar-refractivity contribution in [3.63, 3.8) is 0 Å². The van der Waals surface area contributed by atoms with Crippen LogP contribution in [0.1, 0.15) is 31.2 Å². The third-order valence-electron chi connectivity index (χ3n) is 3.81. The van der Waals surface area contributed by atoms with Gasteiger partial charge in [0.1, 0.15) is 0 Å². The number of ether oxygens (including phenoxy) is 1. The van der Waals surface area contributed by atoms with Gasteiger partial charge in [0.25, 0.3) is 0 Å². The van der Waals surface area contributed by atoms with E-state index >= 15 is 0 Å². The van der Waals surface area contributed by atoms with E-state index in [1.54, 1.807) is 18.2 Å². The summed E-state index contributed by atoms with van der Waals surface area (Å²) in [6, 6.07) is 4.50. The highest BCUT2D eigenvalue weighted by molar-refractivity contribution is 5.96. The Morgan fingerprint density at radius 3 is 3.04 bits per heavy atom. The zero-order valence-corrected chi connectivity index (χ0v) is 14.2. The monoisotopic (exact) mass is 357 g/mol. The van der Waals surface area contributed by atoms with E-state index in [0.717, 1.165) is 0 Å². The van der Waals surface area contributed by atoms with Crippen LogP contribution in [0.15, 0.2) is 34.8 Å². The Balaban J connectivity index is 2.00. The molecule has 4 N–H and O–H groups in total. The fourth-order valence-corrected chi connectivity index (χ4v) is 2.46. The minimum atomic E-state index is -0.614. The number of aromatic nitrogens is 2. The lowest BCUT2D eigenvalue weighted by Gasteiger charge is -2.11. The zero-order valence-electron chi connectivity index (χ0n) is 14.2. The molecule has 0 unspecified atom stereocenters. The number of nitrogens with two attached hydrogens (primary N) is 1. The maximum absolute atomic E-state index is 12.2. The number of amides is 2. The van der Waals surface area contributed by atoms with Crippen molar-refractivity contribution in [1.82, 2.24) is 10.2 Å². The summed E-state index contributed by atoms with van der Waals surface area (Å²) in [6.45, 7) is 0. The van der Waals surface area contributed by atoms with Crippen molar-refractivity contribution in [3.05, 3.63) is 36.2 Å². The normalized spacial score (nSPS) is 18.4. The molecule has 2 heterocycles. The molecule has 3 rings (SSSR count). The van der Waals surface area contributed by atoms with Crippen molar-refractivity contribution in [2.75, 3.05) is 17.7 Å². The molecule has 1 aliphatic heterocycles. The predicted octanol–water partition coefficient (Wildman–Crippen LogP) is 2.59. The largest absolute Gasteiger partial charge is 0.453 e. The lowest BCUT2D eigenvalue weighted by Crippen LogP contribution is -2.14. The Morgan fingerprint density at radius 2 is 2.23 bits per heavy atom. The van der Waals surface area contributed by atoms with Crippen LogP contribution in [-0.4, -0.2) is 29.3 Å². The molecular weight excluding hydrogens is 338 g/mol. The highest BCUT2D eigenvalue weighted by atomic mass is 16.5. The van der Waals surface area contributed by atoms with Crippen molar-refractivity contribution in [3.8, 4) is 11.5 Å². The molecule has 1 aromatic heterocycles. The van der Waals surface area contributed by atoms with Gasteiger partial charge < -0.3 is 20.2 Å². The average molecular weight is 357 g/mol. The summed E-state index contributed by atoms with van der Waals surface area (Å²) in [4.78, 5) is 23.6. The van der Waals surface area contributed by atoms with E-state index in [0.29, 0.717) is 42.1 Å². The summed E-state index contributed by atoms with van der Waals surface area (Å²) in [7, 11) is 1.27. The quantitative estimate of drug-likeness (QED) is 0.668. The van der Waals surface area contributed by atoms with Gasteiger partial charge in [-0.25, -0.2) is 4.79 Å². The van der Waals surface area contributed by atoms with Crippen LogP contribution in [0.2, 0.25) is 0 Å². The van der Waals surface area contributed by atoms with Crippen molar-refractivity contribution in [2.24, 2.45) is 5.73 Å².